The molecule has 13 heavy (non-hydrogen) atoms. The zero-order valence-electron chi connectivity index (χ0n) is 7.92. The lowest BCUT2D eigenvalue weighted by molar-refractivity contribution is 0.590. The van der Waals surface area contributed by atoms with Crippen LogP contribution >= 0.6 is 0 Å². The van der Waals surface area contributed by atoms with Gasteiger partial charge in [0.15, 0.2) is 0 Å². The van der Waals surface area contributed by atoms with E-state index in [0.29, 0.717) is 0 Å². The van der Waals surface area contributed by atoms with E-state index in [1.165, 1.54) is 0 Å². The summed E-state index contributed by atoms with van der Waals surface area (Å²) >= 11 is 0. The third-order valence-corrected chi connectivity index (χ3v) is 2.48. The number of hydrogen-bond donors (Lipinski definition) is 1. The van der Waals surface area contributed by atoms with Crippen molar-refractivity contribution in [2.45, 2.75) is 26.8 Å². The van der Waals surface area contributed by atoms with Gasteiger partial charge in [-0.25, -0.2) is 4.98 Å². The first-order valence-corrected chi connectivity index (χ1v) is 4.52. The Balaban J connectivity index is 2.68. The van der Waals surface area contributed by atoms with Gasteiger partial charge in [-0.1, -0.05) is 0 Å². The van der Waals surface area contributed by atoms with Crippen molar-refractivity contribution in [3.8, 4) is 0 Å². The molecule has 2 rings (SSSR count). The molecule has 0 saturated carbocycles. The molecule has 4 heteroatoms. The Morgan fingerprint density at radius 3 is 3.00 bits per heavy atom. The molecular weight excluding hydrogens is 166 g/mol. The average Bonchev–Trinajstić information content (AvgIpc) is 2.15. The second-order valence-corrected chi connectivity index (χ2v) is 3.38. The number of hydrogen-bond acceptors (Lipinski definition) is 3. The molecule has 0 amide bonds. The lowest BCUT2D eigenvalue weighted by Crippen LogP contribution is -2.32. The van der Waals surface area contributed by atoms with Gasteiger partial charge in [-0.15, -0.1) is 0 Å². The molecule has 0 unspecified atom stereocenters. The maximum absolute atomic E-state index is 11.7. The second-order valence-electron chi connectivity index (χ2n) is 3.38. The summed E-state index contributed by atoms with van der Waals surface area (Å²) in [6.07, 6.45) is 0.997. The van der Waals surface area contributed by atoms with E-state index in [-0.39, 0.29) is 5.56 Å². The summed E-state index contributed by atoms with van der Waals surface area (Å²) in [6.45, 7) is 5.39. The molecule has 1 aliphatic rings. The van der Waals surface area contributed by atoms with Crippen molar-refractivity contribution >= 4 is 5.95 Å². The topological polar surface area (TPSA) is 46.9 Å². The predicted octanol–water partition coefficient (Wildman–Crippen LogP) is 0.676. The molecule has 0 aliphatic carbocycles. The van der Waals surface area contributed by atoms with Crippen LogP contribution in [-0.2, 0) is 6.54 Å². The number of rotatable bonds is 0. The minimum atomic E-state index is 0.0923. The Labute approximate surface area is 76.6 Å². The van der Waals surface area contributed by atoms with Crippen molar-refractivity contribution in [1.29, 1.82) is 0 Å². The Morgan fingerprint density at radius 1 is 1.46 bits per heavy atom. The molecule has 1 N–H and O–H groups in total. The molecule has 0 radical (unpaired) electrons. The molecule has 0 fully saturated rings. The van der Waals surface area contributed by atoms with Crippen LogP contribution in [0.3, 0.4) is 0 Å². The predicted molar refractivity (Wildman–Crippen MR) is 51.1 cm³/mol. The van der Waals surface area contributed by atoms with Crippen molar-refractivity contribution in [3.63, 3.8) is 0 Å². The van der Waals surface area contributed by atoms with Crippen LogP contribution in [0.4, 0.5) is 5.95 Å². The van der Waals surface area contributed by atoms with Crippen LogP contribution in [0.2, 0.25) is 0 Å². The molecule has 1 aliphatic heterocycles. The molecule has 0 saturated heterocycles. The van der Waals surface area contributed by atoms with Crippen molar-refractivity contribution in [3.05, 3.63) is 21.6 Å². The highest BCUT2D eigenvalue weighted by molar-refractivity contribution is 5.32. The molecule has 70 valence electrons. The first-order valence-electron chi connectivity index (χ1n) is 4.52. The summed E-state index contributed by atoms with van der Waals surface area (Å²) in [6, 6.07) is 0. The SMILES string of the molecule is Cc1nc2n(c(=O)c1C)CCCN2. The van der Waals surface area contributed by atoms with Gasteiger partial charge in [-0.05, 0) is 20.3 Å². The molecule has 1 aromatic heterocycles. The van der Waals surface area contributed by atoms with Crippen molar-refractivity contribution < 1.29 is 0 Å². The van der Waals surface area contributed by atoms with Crippen molar-refractivity contribution in [1.82, 2.24) is 9.55 Å². The Hall–Kier alpha value is -1.32. The quantitative estimate of drug-likeness (QED) is 0.637. The fourth-order valence-corrected chi connectivity index (χ4v) is 1.54. The molecule has 0 bridgehead atoms. The van der Waals surface area contributed by atoms with Gasteiger partial charge >= 0.3 is 0 Å². The van der Waals surface area contributed by atoms with Crippen molar-refractivity contribution in [2.75, 3.05) is 11.9 Å². The van der Waals surface area contributed by atoms with Gasteiger partial charge in [0.25, 0.3) is 5.56 Å². The molecule has 1 aromatic rings. The summed E-state index contributed by atoms with van der Waals surface area (Å²) < 4.78 is 1.71. The van der Waals surface area contributed by atoms with E-state index in [1.807, 2.05) is 13.8 Å². The Bertz CT molecular complexity index is 395. The zero-order valence-corrected chi connectivity index (χ0v) is 7.92. The third-order valence-electron chi connectivity index (χ3n) is 2.48. The standard InChI is InChI=1S/C9H13N3O/c1-6-7(2)11-9-10-4-3-5-12(9)8(6)13/h3-5H2,1-2H3,(H,10,11). The zero-order chi connectivity index (χ0) is 9.42. The summed E-state index contributed by atoms with van der Waals surface area (Å²) in [4.78, 5) is 16.0. The molecule has 0 atom stereocenters. The van der Waals surface area contributed by atoms with E-state index in [2.05, 4.69) is 10.3 Å². The summed E-state index contributed by atoms with van der Waals surface area (Å²) in [7, 11) is 0. The van der Waals surface area contributed by atoms with Gasteiger partial charge in [0.1, 0.15) is 0 Å². The maximum Gasteiger partial charge on any atom is 0.258 e. The third kappa shape index (κ3) is 1.22. The van der Waals surface area contributed by atoms with E-state index in [9.17, 15) is 4.79 Å². The van der Waals surface area contributed by atoms with E-state index < -0.39 is 0 Å². The monoisotopic (exact) mass is 179 g/mol. The smallest absolute Gasteiger partial charge is 0.258 e. The normalized spacial score (nSPS) is 14.9. The molecule has 4 nitrogen and oxygen atoms in total. The lowest BCUT2D eigenvalue weighted by atomic mass is 10.2. The Kier molecular flexibility index (Phi) is 1.83. The van der Waals surface area contributed by atoms with Crippen LogP contribution in [-0.4, -0.2) is 16.1 Å². The number of nitrogens with zero attached hydrogens (tertiary/aromatic N) is 2. The van der Waals surface area contributed by atoms with Gasteiger partial charge in [0, 0.05) is 24.3 Å². The average molecular weight is 179 g/mol. The largest absolute Gasteiger partial charge is 0.355 e. The minimum Gasteiger partial charge on any atom is -0.355 e. The second kappa shape index (κ2) is 2.87. The van der Waals surface area contributed by atoms with Crippen LogP contribution in [0.5, 0.6) is 0 Å². The highest BCUT2D eigenvalue weighted by Gasteiger charge is 2.13. The number of fused-ring (bicyclic) bond motifs is 1. The van der Waals surface area contributed by atoms with E-state index >= 15 is 0 Å². The number of aromatic nitrogens is 2. The van der Waals surface area contributed by atoms with E-state index in [0.717, 1.165) is 36.7 Å². The van der Waals surface area contributed by atoms with E-state index in [4.69, 9.17) is 0 Å². The van der Waals surface area contributed by atoms with Crippen LogP contribution in [0.15, 0.2) is 4.79 Å². The van der Waals surface area contributed by atoms with Gasteiger partial charge in [-0.3, -0.25) is 9.36 Å². The van der Waals surface area contributed by atoms with Crippen LogP contribution in [0.25, 0.3) is 0 Å². The fourth-order valence-electron chi connectivity index (χ4n) is 1.54. The summed E-state index contributed by atoms with van der Waals surface area (Å²) in [5, 5.41) is 3.12. The van der Waals surface area contributed by atoms with Gasteiger partial charge in [0.05, 0.1) is 0 Å². The molecule has 2 heterocycles. The number of nitrogens with one attached hydrogen (secondary N) is 1. The molecule has 0 spiro atoms. The van der Waals surface area contributed by atoms with Crippen LogP contribution in [0, 0.1) is 13.8 Å². The fraction of sp³-hybridized carbons (Fsp3) is 0.556. The van der Waals surface area contributed by atoms with Gasteiger partial charge in [-0.2, -0.15) is 0 Å². The van der Waals surface area contributed by atoms with Gasteiger partial charge in [0.2, 0.25) is 5.95 Å². The maximum atomic E-state index is 11.7. The molecular formula is C9H13N3O. The van der Waals surface area contributed by atoms with Gasteiger partial charge < -0.3 is 5.32 Å². The highest BCUT2D eigenvalue weighted by atomic mass is 16.1. The highest BCUT2D eigenvalue weighted by Crippen LogP contribution is 2.10. The minimum absolute atomic E-state index is 0.0923. The lowest BCUT2D eigenvalue weighted by Gasteiger charge is -2.19. The Morgan fingerprint density at radius 2 is 2.23 bits per heavy atom. The number of aryl methyl sites for hydroxylation is 1. The van der Waals surface area contributed by atoms with E-state index in [1.54, 1.807) is 4.57 Å². The van der Waals surface area contributed by atoms with Crippen LogP contribution < -0.4 is 10.9 Å². The van der Waals surface area contributed by atoms with Crippen molar-refractivity contribution in [2.24, 2.45) is 0 Å². The summed E-state index contributed by atoms with van der Waals surface area (Å²) in [5.41, 5.74) is 1.67. The number of anilines is 1. The first-order chi connectivity index (χ1) is 6.20. The summed E-state index contributed by atoms with van der Waals surface area (Å²) in [5.74, 6) is 0.722. The first kappa shape index (κ1) is 8.29. The molecule has 0 aromatic carbocycles. The van der Waals surface area contributed by atoms with Crippen LogP contribution in [0.1, 0.15) is 17.7 Å².